The van der Waals surface area contributed by atoms with Crippen LogP contribution in [0.25, 0.3) is 0 Å². The van der Waals surface area contributed by atoms with E-state index in [0.29, 0.717) is 32.7 Å². The highest BCUT2D eigenvalue weighted by Crippen LogP contribution is 2.18. The highest BCUT2D eigenvalue weighted by atomic mass is 16.5. The summed E-state index contributed by atoms with van der Waals surface area (Å²) >= 11 is 0. The Kier molecular flexibility index (Phi) is 7.91. The van der Waals surface area contributed by atoms with E-state index in [9.17, 15) is 9.59 Å². The quantitative estimate of drug-likeness (QED) is 0.765. The zero-order valence-corrected chi connectivity index (χ0v) is 16.2. The summed E-state index contributed by atoms with van der Waals surface area (Å²) in [6, 6.07) is 8.02. The number of aryl methyl sites for hydroxylation is 1. The van der Waals surface area contributed by atoms with Crippen LogP contribution in [0.5, 0.6) is 5.75 Å². The predicted molar refractivity (Wildman–Crippen MR) is 102 cm³/mol. The molecule has 2 amide bonds. The molecule has 1 saturated heterocycles. The van der Waals surface area contributed by atoms with Crippen molar-refractivity contribution in [1.29, 1.82) is 0 Å². The first-order valence-electron chi connectivity index (χ1n) is 9.53. The molecule has 1 fully saturated rings. The van der Waals surface area contributed by atoms with Crippen molar-refractivity contribution in [2.75, 3.05) is 39.3 Å². The van der Waals surface area contributed by atoms with Crippen LogP contribution in [0.4, 0.5) is 0 Å². The topological polar surface area (TPSA) is 61.9 Å². The van der Waals surface area contributed by atoms with Crippen LogP contribution in [0.3, 0.4) is 0 Å². The number of carbonyl (C=O) groups is 2. The predicted octanol–water partition coefficient (Wildman–Crippen LogP) is 1.69. The number of benzene rings is 1. The standard InChI is InChI=1S/C20H31N3O3/c1-4-16(3)21-19(24)14-22-10-12-23(13-11-22)20(25)15-26-18-9-7-6-8-17(18)5-2/h6-9,16H,4-5,10-15H2,1-3H3,(H,21,24). The van der Waals surface area contributed by atoms with Crippen molar-refractivity contribution in [1.82, 2.24) is 15.1 Å². The minimum Gasteiger partial charge on any atom is -0.483 e. The normalized spacial score (nSPS) is 16.2. The number of hydrogen-bond acceptors (Lipinski definition) is 4. The van der Waals surface area contributed by atoms with Crippen molar-refractivity contribution in [3.05, 3.63) is 29.8 Å². The molecule has 0 bridgehead atoms. The molecule has 1 aromatic rings. The summed E-state index contributed by atoms with van der Waals surface area (Å²) in [7, 11) is 0. The molecule has 0 aliphatic carbocycles. The van der Waals surface area contributed by atoms with Gasteiger partial charge in [0, 0.05) is 32.2 Å². The van der Waals surface area contributed by atoms with Crippen LogP contribution in [0.1, 0.15) is 32.8 Å². The lowest BCUT2D eigenvalue weighted by Crippen LogP contribution is -2.52. The maximum atomic E-state index is 12.4. The lowest BCUT2D eigenvalue weighted by Gasteiger charge is -2.34. The fourth-order valence-corrected chi connectivity index (χ4v) is 2.95. The largest absolute Gasteiger partial charge is 0.483 e. The Morgan fingerprint density at radius 1 is 1.15 bits per heavy atom. The van der Waals surface area contributed by atoms with Gasteiger partial charge >= 0.3 is 0 Å². The molecule has 1 aliphatic rings. The van der Waals surface area contributed by atoms with Crippen LogP contribution in [0, 0.1) is 0 Å². The third-order valence-corrected chi connectivity index (χ3v) is 4.82. The van der Waals surface area contributed by atoms with E-state index in [1.54, 1.807) is 0 Å². The molecular formula is C20H31N3O3. The van der Waals surface area contributed by atoms with Gasteiger partial charge in [-0.15, -0.1) is 0 Å². The second kappa shape index (κ2) is 10.2. The third-order valence-electron chi connectivity index (χ3n) is 4.82. The first-order valence-corrected chi connectivity index (χ1v) is 9.53. The third kappa shape index (κ3) is 6.02. The summed E-state index contributed by atoms with van der Waals surface area (Å²) in [6.07, 6.45) is 1.80. The molecule has 0 radical (unpaired) electrons. The highest BCUT2D eigenvalue weighted by molar-refractivity contribution is 5.79. The molecule has 1 aliphatic heterocycles. The van der Waals surface area contributed by atoms with Crippen LogP contribution in [0.15, 0.2) is 24.3 Å². The van der Waals surface area contributed by atoms with E-state index >= 15 is 0 Å². The molecule has 1 unspecified atom stereocenters. The van der Waals surface area contributed by atoms with Crippen LogP contribution in [0.2, 0.25) is 0 Å². The number of rotatable bonds is 8. The van der Waals surface area contributed by atoms with E-state index in [1.807, 2.05) is 36.1 Å². The first kappa shape index (κ1) is 20.2. The van der Waals surface area contributed by atoms with Gasteiger partial charge in [0.25, 0.3) is 5.91 Å². The molecule has 1 N–H and O–H groups in total. The van der Waals surface area contributed by atoms with Crippen molar-refractivity contribution in [2.45, 2.75) is 39.7 Å². The Morgan fingerprint density at radius 3 is 2.50 bits per heavy atom. The number of nitrogens with one attached hydrogen (secondary N) is 1. The smallest absolute Gasteiger partial charge is 0.260 e. The van der Waals surface area contributed by atoms with E-state index in [-0.39, 0.29) is 24.5 Å². The number of amides is 2. The van der Waals surface area contributed by atoms with Crippen LogP contribution in [-0.4, -0.2) is 67.0 Å². The number of para-hydroxylation sites is 1. The van der Waals surface area contributed by atoms with Crippen molar-refractivity contribution in [3.63, 3.8) is 0 Å². The summed E-state index contributed by atoms with van der Waals surface area (Å²) in [5.41, 5.74) is 1.11. The molecule has 0 aromatic heterocycles. The fourth-order valence-electron chi connectivity index (χ4n) is 2.95. The highest BCUT2D eigenvalue weighted by Gasteiger charge is 2.23. The summed E-state index contributed by atoms with van der Waals surface area (Å²) in [4.78, 5) is 28.3. The van der Waals surface area contributed by atoms with E-state index in [0.717, 1.165) is 24.2 Å². The maximum absolute atomic E-state index is 12.4. The Morgan fingerprint density at radius 2 is 1.85 bits per heavy atom. The van der Waals surface area contributed by atoms with Gasteiger partial charge in [-0.2, -0.15) is 0 Å². The molecule has 6 nitrogen and oxygen atoms in total. The minimum absolute atomic E-state index is 0.000358. The minimum atomic E-state index is -0.000358. The number of ether oxygens (including phenoxy) is 1. The van der Waals surface area contributed by atoms with Crippen LogP contribution in [-0.2, 0) is 16.0 Å². The van der Waals surface area contributed by atoms with Crippen molar-refractivity contribution in [3.8, 4) is 5.75 Å². The Bertz CT molecular complexity index is 598. The van der Waals surface area contributed by atoms with Crippen molar-refractivity contribution in [2.24, 2.45) is 0 Å². The van der Waals surface area contributed by atoms with Gasteiger partial charge in [0.2, 0.25) is 5.91 Å². The lowest BCUT2D eigenvalue weighted by molar-refractivity contribution is -0.135. The molecule has 1 aromatic carbocycles. The van der Waals surface area contributed by atoms with Crippen LogP contribution < -0.4 is 10.1 Å². The van der Waals surface area contributed by atoms with Gasteiger partial charge < -0.3 is 15.0 Å². The SMILES string of the molecule is CCc1ccccc1OCC(=O)N1CCN(CC(=O)NC(C)CC)CC1. The zero-order valence-electron chi connectivity index (χ0n) is 16.2. The molecule has 144 valence electrons. The van der Waals surface area contributed by atoms with Crippen molar-refractivity contribution >= 4 is 11.8 Å². The molecule has 0 spiro atoms. The second-order valence-corrected chi connectivity index (χ2v) is 6.78. The Hall–Kier alpha value is -2.08. The molecule has 0 saturated carbocycles. The van der Waals surface area contributed by atoms with E-state index in [4.69, 9.17) is 4.74 Å². The molecule has 26 heavy (non-hydrogen) atoms. The fraction of sp³-hybridized carbons (Fsp3) is 0.600. The zero-order chi connectivity index (χ0) is 18.9. The van der Waals surface area contributed by atoms with E-state index in [1.165, 1.54) is 0 Å². The first-order chi connectivity index (χ1) is 12.5. The van der Waals surface area contributed by atoms with Gasteiger partial charge in [0.15, 0.2) is 6.61 Å². The van der Waals surface area contributed by atoms with Crippen LogP contribution >= 0.6 is 0 Å². The molecule has 2 rings (SSSR count). The Balaban J connectivity index is 1.73. The van der Waals surface area contributed by atoms with Gasteiger partial charge in [-0.1, -0.05) is 32.0 Å². The average Bonchev–Trinajstić information content (AvgIpc) is 2.66. The summed E-state index contributed by atoms with van der Waals surface area (Å²) < 4.78 is 5.72. The summed E-state index contributed by atoms with van der Waals surface area (Å²) in [5, 5.41) is 2.98. The summed E-state index contributed by atoms with van der Waals surface area (Å²) in [5.74, 6) is 0.835. The van der Waals surface area contributed by atoms with Gasteiger partial charge in [-0.05, 0) is 31.4 Å². The number of carbonyl (C=O) groups excluding carboxylic acids is 2. The number of nitrogens with zero attached hydrogens (tertiary/aromatic N) is 2. The summed E-state index contributed by atoms with van der Waals surface area (Å²) in [6.45, 7) is 9.28. The Labute approximate surface area is 156 Å². The van der Waals surface area contributed by atoms with Crippen molar-refractivity contribution < 1.29 is 14.3 Å². The molecule has 1 atom stereocenters. The molecule has 1 heterocycles. The average molecular weight is 361 g/mol. The molecule has 6 heteroatoms. The van der Waals surface area contributed by atoms with Gasteiger partial charge in [0.1, 0.15) is 5.75 Å². The van der Waals surface area contributed by atoms with E-state index < -0.39 is 0 Å². The van der Waals surface area contributed by atoms with Gasteiger partial charge in [-0.25, -0.2) is 0 Å². The lowest BCUT2D eigenvalue weighted by atomic mass is 10.1. The number of hydrogen-bond donors (Lipinski definition) is 1. The second-order valence-electron chi connectivity index (χ2n) is 6.78. The van der Waals surface area contributed by atoms with Gasteiger partial charge in [0.05, 0.1) is 6.54 Å². The monoisotopic (exact) mass is 361 g/mol. The number of piperazine rings is 1. The van der Waals surface area contributed by atoms with Gasteiger partial charge in [-0.3, -0.25) is 14.5 Å². The molecular weight excluding hydrogens is 330 g/mol. The maximum Gasteiger partial charge on any atom is 0.260 e. The van der Waals surface area contributed by atoms with E-state index in [2.05, 4.69) is 24.1 Å².